The quantitative estimate of drug-likeness (QED) is 0.431. The van der Waals surface area contributed by atoms with E-state index in [9.17, 15) is 9.59 Å². The van der Waals surface area contributed by atoms with Crippen molar-refractivity contribution in [3.05, 3.63) is 83.9 Å². The van der Waals surface area contributed by atoms with Gasteiger partial charge in [-0.15, -0.1) is 0 Å². The van der Waals surface area contributed by atoms with Crippen LogP contribution < -0.4 is 0 Å². The maximum Gasteiger partial charge on any atom is 0.330 e. The van der Waals surface area contributed by atoms with Gasteiger partial charge in [0.25, 0.3) is 0 Å². The largest absolute Gasteiger partial charge is 0.466 e. The minimum atomic E-state index is -0.386. The molecule has 0 aliphatic heterocycles. The fraction of sp³-hybridized carbons (Fsp3) is 0.238. The number of carbonyl (C=O) groups excluding carboxylic acids is 2. The van der Waals surface area contributed by atoms with Crippen molar-refractivity contribution in [3.63, 3.8) is 0 Å². The molecule has 3 nitrogen and oxygen atoms in total. The van der Waals surface area contributed by atoms with Gasteiger partial charge < -0.3 is 4.74 Å². The minimum absolute atomic E-state index is 0.000174. The number of ether oxygens (including phenoxy) is 1. The van der Waals surface area contributed by atoms with Crippen molar-refractivity contribution in [2.45, 2.75) is 19.3 Å². The van der Waals surface area contributed by atoms with Gasteiger partial charge in [0.15, 0.2) is 5.78 Å². The average Bonchev–Trinajstić information content (AvgIpc) is 2.65. The van der Waals surface area contributed by atoms with Crippen molar-refractivity contribution >= 4 is 11.8 Å². The number of esters is 1. The van der Waals surface area contributed by atoms with Gasteiger partial charge in [-0.2, -0.15) is 0 Å². The van der Waals surface area contributed by atoms with Crippen LogP contribution in [0.3, 0.4) is 0 Å². The molecular formula is C21H22O3. The Morgan fingerprint density at radius 2 is 1.58 bits per heavy atom. The first-order valence-corrected chi connectivity index (χ1v) is 8.01. The lowest BCUT2D eigenvalue weighted by molar-refractivity contribution is -0.134. The molecule has 0 saturated heterocycles. The maximum atomic E-state index is 12.6. The number of hydrogen-bond acceptors (Lipinski definition) is 3. The predicted octanol–water partition coefficient (Wildman–Crippen LogP) is 4.41. The van der Waals surface area contributed by atoms with E-state index in [4.69, 9.17) is 0 Å². The Labute approximate surface area is 143 Å². The Hall–Kier alpha value is -2.68. The number of rotatable bonds is 7. The molecule has 2 rings (SSSR count). The van der Waals surface area contributed by atoms with E-state index in [1.54, 1.807) is 0 Å². The Morgan fingerprint density at radius 3 is 2.17 bits per heavy atom. The Morgan fingerprint density at radius 1 is 1.00 bits per heavy atom. The van der Waals surface area contributed by atoms with Crippen molar-refractivity contribution < 1.29 is 14.3 Å². The van der Waals surface area contributed by atoms with Crippen LogP contribution >= 0.6 is 0 Å². The van der Waals surface area contributed by atoms with Gasteiger partial charge in [0, 0.05) is 18.1 Å². The van der Waals surface area contributed by atoms with Crippen LogP contribution in [0, 0.1) is 5.92 Å². The Kier molecular flexibility index (Phi) is 6.50. The lowest BCUT2D eigenvalue weighted by Gasteiger charge is -2.21. The number of ketones is 1. The first-order valence-electron chi connectivity index (χ1n) is 8.01. The highest BCUT2D eigenvalue weighted by Crippen LogP contribution is 2.30. The summed E-state index contributed by atoms with van der Waals surface area (Å²) in [5, 5.41) is 0. The van der Waals surface area contributed by atoms with Gasteiger partial charge in [0.1, 0.15) is 0 Å². The first kappa shape index (κ1) is 17.7. The van der Waals surface area contributed by atoms with Gasteiger partial charge in [-0.3, -0.25) is 4.79 Å². The number of hydrogen-bond donors (Lipinski definition) is 0. The smallest absolute Gasteiger partial charge is 0.330 e. The van der Waals surface area contributed by atoms with Crippen LogP contribution in [0.4, 0.5) is 0 Å². The SMILES string of the molecule is COC(=O)/C=C/[C@@H](C)[C@H](CC(=O)c1ccccc1)c1ccccc1. The maximum absolute atomic E-state index is 12.6. The van der Waals surface area contributed by atoms with Crippen LogP contribution in [0.15, 0.2) is 72.8 Å². The van der Waals surface area contributed by atoms with Gasteiger partial charge >= 0.3 is 5.97 Å². The molecule has 3 heteroatoms. The van der Waals surface area contributed by atoms with Crippen molar-refractivity contribution in [2.24, 2.45) is 5.92 Å². The van der Waals surface area contributed by atoms with Gasteiger partial charge in [0.05, 0.1) is 7.11 Å². The third-order valence-electron chi connectivity index (χ3n) is 4.10. The summed E-state index contributed by atoms with van der Waals surface area (Å²) in [7, 11) is 1.35. The number of carbonyl (C=O) groups is 2. The summed E-state index contributed by atoms with van der Waals surface area (Å²) in [6, 6.07) is 19.2. The summed E-state index contributed by atoms with van der Waals surface area (Å²) >= 11 is 0. The monoisotopic (exact) mass is 322 g/mol. The third-order valence-corrected chi connectivity index (χ3v) is 4.10. The van der Waals surface area contributed by atoms with Gasteiger partial charge in [0.2, 0.25) is 0 Å². The topological polar surface area (TPSA) is 43.4 Å². The summed E-state index contributed by atoms with van der Waals surface area (Å²) < 4.78 is 4.64. The van der Waals surface area contributed by atoms with Crippen molar-refractivity contribution in [3.8, 4) is 0 Å². The van der Waals surface area contributed by atoms with Crippen LogP contribution in [-0.2, 0) is 9.53 Å². The van der Waals surface area contributed by atoms with E-state index in [0.29, 0.717) is 12.0 Å². The Balaban J connectivity index is 2.22. The van der Waals surface area contributed by atoms with E-state index in [-0.39, 0.29) is 23.6 Å². The molecular weight excluding hydrogens is 300 g/mol. The van der Waals surface area contributed by atoms with Crippen LogP contribution in [0.1, 0.15) is 35.2 Å². The van der Waals surface area contributed by atoms with Crippen LogP contribution in [0.25, 0.3) is 0 Å². The van der Waals surface area contributed by atoms with Crippen LogP contribution in [0.5, 0.6) is 0 Å². The molecule has 0 aliphatic carbocycles. The standard InChI is InChI=1S/C21H22O3/c1-16(13-14-21(23)24-2)19(17-9-5-3-6-10-17)15-20(22)18-11-7-4-8-12-18/h3-14,16,19H,15H2,1-2H3/b14-13+/t16-,19+/m1/s1. The van der Waals surface area contributed by atoms with E-state index >= 15 is 0 Å². The molecule has 0 saturated carbocycles. The first-order chi connectivity index (χ1) is 11.6. The molecule has 0 unspecified atom stereocenters. The van der Waals surface area contributed by atoms with E-state index in [0.717, 1.165) is 5.56 Å². The summed E-state index contributed by atoms with van der Waals surface area (Å²) in [5.74, 6) is -0.259. The minimum Gasteiger partial charge on any atom is -0.466 e. The fourth-order valence-electron chi connectivity index (χ4n) is 2.68. The second-order valence-corrected chi connectivity index (χ2v) is 5.75. The number of allylic oxidation sites excluding steroid dienone is 1. The highest BCUT2D eigenvalue weighted by Gasteiger charge is 2.21. The third kappa shape index (κ3) is 4.92. The highest BCUT2D eigenvalue weighted by atomic mass is 16.5. The molecule has 0 radical (unpaired) electrons. The van der Waals surface area contributed by atoms with Crippen LogP contribution in [0.2, 0.25) is 0 Å². The molecule has 0 aliphatic rings. The molecule has 2 atom stereocenters. The number of Topliss-reactive ketones (excluding diaryl/α,β-unsaturated/α-hetero) is 1. The number of benzene rings is 2. The second-order valence-electron chi connectivity index (χ2n) is 5.75. The van der Waals surface area contributed by atoms with Gasteiger partial charge in [-0.05, 0) is 17.4 Å². The van der Waals surface area contributed by atoms with E-state index in [2.05, 4.69) is 4.74 Å². The van der Waals surface area contributed by atoms with Gasteiger partial charge in [-0.1, -0.05) is 73.7 Å². The second kappa shape index (κ2) is 8.82. The molecule has 0 spiro atoms. The summed E-state index contributed by atoms with van der Waals surface area (Å²) in [6.07, 6.45) is 3.62. The number of methoxy groups -OCH3 is 1. The van der Waals surface area contributed by atoms with Crippen LogP contribution in [-0.4, -0.2) is 18.9 Å². The summed E-state index contributed by atoms with van der Waals surface area (Å²) in [6.45, 7) is 2.01. The summed E-state index contributed by atoms with van der Waals surface area (Å²) in [5.41, 5.74) is 1.80. The molecule has 0 amide bonds. The van der Waals surface area contributed by atoms with E-state index in [1.165, 1.54) is 13.2 Å². The van der Waals surface area contributed by atoms with Crippen molar-refractivity contribution in [1.29, 1.82) is 0 Å². The van der Waals surface area contributed by atoms with Gasteiger partial charge in [-0.25, -0.2) is 4.79 Å². The molecule has 0 aromatic heterocycles. The molecule has 2 aromatic carbocycles. The molecule has 0 heterocycles. The van der Waals surface area contributed by atoms with Crippen molar-refractivity contribution in [2.75, 3.05) is 7.11 Å². The summed E-state index contributed by atoms with van der Waals surface area (Å²) in [4.78, 5) is 24.0. The fourth-order valence-corrected chi connectivity index (χ4v) is 2.68. The predicted molar refractivity (Wildman–Crippen MR) is 94.9 cm³/mol. The Bertz CT molecular complexity index is 690. The zero-order valence-corrected chi connectivity index (χ0v) is 14.0. The molecule has 0 N–H and O–H groups in total. The van der Waals surface area contributed by atoms with Crippen molar-refractivity contribution in [1.82, 2.24) is 0 Å². The molecule has 2 aromatic rings. The lowest BCUT2D eigenvalue weighted by atomic mass is 9.82. The lowest BCUT2D eigenvalue weighted by Crippen LogP contribution is -2.14. The molecule has 124 valence electrons. The van der Waals surface area contributed by atoms with E-state index < -0.39 is 0 Å². The molecule has 0 bridgehead atoms. The molecule has 24 heavy (non-hydrogen) atoms. The zero-order valence-electron chi connectivity index (χ0n) is 14.0. The van der Waals surface area contributed by atoms with E-state index in [1.807, 2.05) is 73.7 Å². The average molecular weight is 322 g/mol. The molecule has 0 fully saturated rings. The zero-order chi connectivity index (χ0) is 17.4. The normalized spacial score (nSPS) is 13.4. The highest BCUT2D eigenvalue weighted by molar-refractivity contribution is 5.96.